The zero-order chi connectivity index (χ0) is 23.9. The van der Waals surface area contributed by atoms with Crippen molar-refractivity contribution >= 4 is 0 Å². The van der Waals surface area contributed by atoms with E-state index in [1.54, 1.807) is 0 Å². The van der Waals surface area contributed by atoms with Crippen molar-refractivity contribution in [2.75, 3.05) is 27.2 Å². The summed E-state index contributed by atoms with van der Waals surface area (Å²) in [5.41, 5.74) is -0.297. The predicted octanol–water partition coefficient (Wildman–Crippen LogP) is 5.93. The molecule has 1 aromatic heterocycles. The Balaban J connectivity index is 1.37. The summed E-state index contributed by atoms with van der Waals surface area (Å²) in [6, 6.07) is 19.9. The van der Waals surface area contributed by atoms with Gasteiger partial charge in [-0.15, -0.1) is 0 Å². The van der Waals surface area contributed by atoms with Crippen LogP contribution in [-0.4, -0.2) is 41.8 Å². The number of hydrogen-bond donors (Lipinski definition) is 1. The van der Waals surface area contributed by atoms with E-state index in [9.17, 15) is 5.11 Å². The van der Waals surface area contributed by atoms with E-state index >= 15 is 0 Å². The van der Waals surface area contributed by atoms with Gasteiger partial charge in [-0.05, 0) is 43.4 Å². The normalized spacial score (nSPS) is 16.8. The minimum absolute atomic E-state index is 0.127. The van der Waals surface area contributed by atoms with Gasteiger partial charge in [0, 0.05) is 5.92 Å². The second-order valence-electron chi connectivity index (χ2n) is 10.3. The largest absolute Gasteiger partial charge is 0.494 e. The summed E-state index contributed by atoms with van der Waals surface area (Å²) >= 11 is 0. The monoisotopic (exact) mass is 463 g/mol. The quantitative estimate of drug-likeness (QED) is 0.283. The first-order valence-electron chi connectivity index (χ1n) is 12.7. The molecule has 0 bridgehead atoms. The number of nitrogens with zero attached hydrogens (tertiary/aromatic N) is 2. The van der Waals surface area contributed by atoms with Crippen LogP contribution in [0.25, 0.3) is 0 Å². The van der Waals surface area contributed by atoms with E-state index in [0.29, 0.717) is 5.89 Å². The lowest BCUT2D eigenvalue weighted by Gasteiger charge is -2.36. The standard InChI is InChI=1S/C29H39N2O3/c1-31(2,20-12-13-21-33-26-18-10-5-11-19-26)23-27-22-30-28(34-27)29(32,24-14-6-3-7-15-24)25-16-8-4-9-17-25/h3,5-7,10-11,14-15,18-19,22,25,32H,4,8-9,12-13,16-17,20-21,23H2,1-2H3/q+1/t29-/m0/s1. The molecule has 1 atom stereocenters. The Hall–Kier alpha value is -2.63. The Morgan fingerprint density at radius 2 is 1.65 bits per heavy atom. The lowest BCUT2D eigenvalue weighted by molar-refractivity contribution is -0.904. The molecule has 0 saturated heterocycles. The summed E-state index contributed by atoms with van der Waals surface area (Å²) in [4.78, 5) is 4.62. The summed E-state index contributed by atoms with van der Waals surface area (Å²) in [7, 11) is 4.43. The molecule has 3 aromatic rings. The summed E-state index contributed by atoms with van der Waals surface area (Å²) < 4.78 is 12.9. The number of unbranched alkanes of at least 4 members (excludes halogenated alkanes) is 1. The van der Waals surface area contributed by atoms with Gasteiger partial charge in [0.2, 0.25) is 5.89 Å². The average molecular weight is 464 g/mol. The third-order valence-corrected chi connectivity index (χ3v) is 7.04. The Kier molecular flexibility index (Phi) is 8.07. The van der Waals surface area contributed by atoms with E-state index in [0.717, 1.165) is 79.8 Å². The summed E-state index contributed by atoms with van der Waals surface area (Å²) in [5, 5.41) is 12.0. The van der Waals surface area contributed by atoms with E-state index in [-0.39, 0.29) is 5.92 Å². The molecule has 182 valence electrons. The van der Waals surface area contributed by atoms with Gasteiger partial charge in [0.1, 0.15) is 12.3 Å². The number of hydrogen-bond acceptors (Lipinski definition) is 4. The van der Waals surface area contributed by atoms with Crippen molar-refractivity contribution in [2.24, 2.45) is 5.92 Å². The molecule has 5 nitrogen and oxygen atoms in total. The third kappa shape index (κ3) is 6.08. The Morgan fingerprint density at radius 1 is 0.971 bits per heavy atom. The minimum atomic E-state index is -1.17. The molecule has 34 heavy (non-hydrogen) atoms. The number of para-hydroxylation sites is 1. The fraction of sp³-hybridized carbons (Fsp3) is 0.483. The van der Waals surface area contributed by atoms with Gasteiger partial charge in [0.15, 0.2) is 11.4 Å². The van der Waals surface area contributed by atoms with Gasteiger partial charge in [0.25, 0.3) is 0 Å². The lowest BCUT2D eigenvalue weighted by Crippen LogP contribution is -2.39. The molecule has 1 aliphatic rings. The topological polar surface area (TPSA) is 55.5 Å². The molecular weight excluding hydrogens is 424 g/mol. The first kappa shape index (κ1) is 24.5. The van der Waals surface area contributed by atoms with Gasteiger partial charge in [-0.2, -0.15) is 0 Å². The molecule has 1 aliphatic carbocycles. The smallest absolute Gasteiger partial charge is 0.231 e. The van der Waals surface area contributed by atoms with Crippen molar-refractivity contribution in [3.05, 3.63) is 84.1 Å². The van der Waals surface area contributed by atoms with Crippen molar-refractivity contribution in [3.8, 4) is 5.75 Å². The molecule has 2 aromatic carbocycles. The van der Waals surface area contributed by atoms with Crippen LogP contribution >= 0.6 is 0 Å². The highest BCUT2D eigenvalue weighted by Crippen LogP contribution is 2.43. The van der Waals surface area contributed by atoms with Crippen molar-refractivity contribution in [1.29, 1.82) is 0 Å². The number of oxazole rings is 1. The maximum atomic E-state index is 12.0. The minimum Gasteiger partial charge on any atom is -0.494 e. The molecule has 1 fully saturated rings. The number of aliphatic hydroxyl groups is 1. The molecule has 0 aliphatic heterocycles. The molecule has 0 amide bonds. The lowest BCUT2D eigenvalue weighted by atomic mass is 9.73. The molecule has 1 heterocycles. The van der Waals surface area contributed by atoms with Crippen LogP contribution in [0.2, 0.25) is 0 Å². The highest BCUT2D eigenvalue weighted by molar-refractivity contribution is 5.30. The summed E-state index contributed by atoms with van der Waals surface area (Å²) in [6.45, 7) is 2.48. The maximum absolute atomic E-state index is 12.0. The van der Waals surface area contributed by atoms with Crippen molar-refractivity contribution < 1.29 is 18.7 Å². The van der Waals surface area contributed by atoms with Crippen molar-refractivity contribution in [2.45, 2.75) is 57.1 Å². The molecule has 4 rings (SSSR count). The summed E-state index contributed by atoms with van der Waals surface area (Å²) in [6.07, 6.45) is 9.40. The van der Waals surface area contributed by atoms with E-state index in [2.05, 4.69) is 19.1 Å². The molecule has 0 unspecified atom stereocenters. The second kappa shape index (κ2) is 11.2. The van der Waals surface area contributed by atoms with Crippen molar-refractivity contribution in [3.63, 3.8) is 0 Å². The second-order valence-corrected chi connectivity index (χ2v) is 10.3. The zero-order valence-electron chi connectivity index (χ0n) is 20.7. The number of quaternary nitrogens is 1. The molecule has 0 radical (unpaired) electrons. The van der Waals surface area contributed by atoms with Crippen LogP contribution in [0.4, 0.5) is 0 Å². The van der Waals surface area contributed by atoms with Crippen LogP contribution < -0.4 is 4.74 Å². The van der Waals surface area contributed by atoms with Crippen LogP contribution in [0.5, 0.6) is 5.75 Å². The Bertz CT molecular complexity index is 996. The predicted molar refractivity (Wildman–Crippen MR) is 134 cm³/mol. The van der Waals surface area contributed by atoms with Crippen LogP contribution in [0, 0.1) is 5.92 Å². The SMILES string of the molecule is C[N+](C)(CCCCOc1ccccc1)Cc1cnc([C@](O)(c2ccccc2)C2CCCCC2)o1. The maximum Gasteiger partial charge on any atom is 0.231 e. The average Bonchev–Trinajstić information content (AvgIpc) is 3.33. The van der Waals surface area contributed by atoms with Gasteiger partial charge in [-0.25, -0.2) is 4.98 Å². The van der Waals surface area contributed by atoms with Gasteiger partial charge in [-0.3, -0.25) is 0 Å². The highest BCUT2D eigenvalue weighted by Gasteiger charge is 2.44. The first-order chi connectivity index (χ1) is 16.5. The van der Waals surface area contributed by atoms with E-state index < -0.39 is 5.60 Å². The highest BCUT2D eigenvalue weighted by atomic mass is 16.5. The van der Waals surface area contributed by atoms with Gasteiger partial charge in [-0.1, -0.05) is 67.8 Å². The zero-order valence-corrected chi connectivity index (χ0v) is 20.7. The van der Waals surface area contributed by atoms with Gasteiger partial charge in [0.05, 0.1) is 33.4 Å². The number of benzene rings is 2. The molecule has 0 spiro atoms. The van der Waals surface area contributed by atoms with Gasteiger partial charge < -0.3 is 18.7 Å². The first-order valence-corrected chi connectivity index (χ1v) is 12.7. The molecule has 5 heteroatoms. The summed E-state index contributed by atoms with van der Waals surface area (Å²) in [5.74, 6) is 2.32. The number of rotatable bonds is 11. The van der Waals surface area contributed by atoms with E-state index in [1.165, 1.54) is 6.42 Å². The fourth-order valence-electron chi connectivity index (χ4n) is 5.15. The third-order valence-electron chi connectivity index (χ3n) is 7.04. The van der Waals surface area contributed by atoms with Crippen LogP contribution in [0.15, 0.2) is 71.3 Å². The fourth-order valence-corrected chi connectivity index (χ4v) is 5.15. The Labute approximate surface area is 204 Å². The van der Waals surface area contributed by atoms with Crippen LogP contribution in [-0.2, 0) is 12.1 Å². The molecular formula is C29H39N2O3+. The molecule has 1 saturated carbocycles. The van der Waals surface area contributed by atoms with Crippen molar-refractivity contribution in [1.82, 2.24) is 4.98 Å². The van der Waals surface area contributed by atoms with Crippen LogP contribution in [0.3, 0.4) is 0 Å². The van der Waals surface area contributed by atoms with E-state index in [4.69, 9.17) is 9.15 Å². The van der Waals surface area contributed by atoms with Crippen LogP contribution in [0.1, 0.15) is 62.2 Å². The van der Waals surface area contributed by atoms with Gasteiger partial charge >= 0.3 is 0 Å². The Morgan fingerprint density at radius 3 is 2.35 bits per heavy atom. The number of ether oxygens (including phenoxy) is 1. The number of aromatic nitrogens is 1. The van der Waals surface area contributed by atoms with E-state index in [1.807, 2.05) is 66.9 Å². The molecule has 1 N–H and O–H groups in total.